The highest BCUT2D eigenvalue weighted by molar-refractivity contribution is 9.10. The molecule has 2 rings (SSSR count). The summed E-state index contributed by atoms with van der Waals surface area (Å²) in [5.41, 5.74) is 7.49. The lowest BCUT2D eigenvalue weighted by Crippen LogP contribution is -2.22. The van der Waals surface area contributed by atoms with Crippen molar-refractivity contribution in [3.8, 4) is 11.5 Å². The molecule has 2 aromatic rings. The molecule has 112 valence electrons. The summed E-state index contributed by atoms with van der Waals surface area (Å²) in [5, 5.41) is 0. The molecule has 1 atom stereocenters. The number of benzene rings is 2. The third-order valence-corrected chi connectivity index (χ3v) is 3.93. The summed E-state index contributed by atoms with van der Waals surface area (Å²) in [6.07, 6.45) is 1.26. The molecule has 0 fully saturated rings. The molecular formula is C17H19BrFNO. The average molecular weight is 352 g/mol. The van der Waals surface area contributed by atoms with Crippen molar-refractivity contribution in [3.05, 3.63) is 57.8 Å². The van der Waals surface area contributed by atoms with Crippen molar-refractivity contribution in [2.24, 2.45) is 5.73 Å². The van der Waals surface area contributed by atoms with Crippen molar-refractivity contribution in [2.75, 3.05) is 0 Å². The van der Waals surface area contributed by atoms with E-state index in [-0.39, 0.29) is 11.9 Å². The minimum atomic E-state index is -0.274. The van der Waals surface area contributed by atoms with Crippen LogP contribution in [0.4, 0.5) is 4.39 Å². The molecule has 0 spiro atoms. The predicted octanol–water partition coefficient (Wildman–Crippen LogP) is 4.97. The molecule has 0 saturated carbocycles. The molecule has 2 N–H and O–H groups in total. The first kappa shape index (κ1) is 16.0. The van der Waals surface area contributed by atoms with Crippen LogP contribution in [-0.4, -0.2) is 6.04 Å². The maximum absolute atomic E-state index is 14.1. The van der Waals surface area contributed by atoms with Gasteiger partial charge in [-0.3, -0.25) is 0 Å². The Morgan fingerprint density at radius 2 is 2.00 bits per heavy atom. The first-order valence-corrected chi connectivity index (χ1v) is 7.77. The number of nitrogens with two attached hydrogens (primary N) is 1. The average Bonchev–Trinajstić information content (AvgIpc) is 2.46. The third-order valence-electron chi connectivity index (χ3n) is 3.44. The first-order valence-electron chi connectivity index (χ1n) is 6.98. The topological polar surface area (TPSA) is 35.2 Å². The molecule has 2 nitrogen and oxygen atoms in total. The van der Waals surface area contributed by atoms with E-state index in [4.69, 9.17) is 10.5 Å². The fraction of sp³-hybridized carbons (Fsp3) is 0.294. The van der Waals surface area contributed by atoms with Gasteiger partial charge in [-0.1, -0.05) is 35.0 Å². The van der Waals surface area contributed by atoms with Gasteiger partial charge in [-0.05, 0) is 49.6 Å². The second-order valence-corrected chi connectivity index (χ2v) is 6.02. The smallest absolute Gasteiger partial charge is 0.133 e. The summed E-state index contributed by atoms with van der Waals surface area (Å²) in [7, 11) is 0. The number of hydrogen-bond donors (Lipinski definition) is 1. The van der Waals surface area contributed by atoms with E-state index in [2.05, 4.69) is 15.9 Å². The molecule has 0 radical (unpaired) electrons. The van der Waals surface area contributed by atoms with E-state index in [1.54, 1.807) is 12.1 Å². The normalized spacial score (nSPS) is 12.2. The lowest BCUT2D eigenvalue weighted by molar-refractivity contribution is 0.458. The number of aryl methyl sites for hydroxylation is 1. The zero-order chi connectivity index (χ0) is 15.4. The highest BCUT2D eigenvalue weighted by Crippen LogP contribution is 2.32. The molecule has 0 aromatic heterocycles. The van der Waals surface area contributed by atoms with Crippen molar-refractivity contribution in [1.82, 2.24) is 0 Å². The van der Waals surface area contributed by atoms with Crippen LogP contribution < -0.4 is 10.5 Å². The van der Waals surface area contributed by atoms with Crippen LogP contribution in [0.5, 0.6) is 11.5 Å². The van der Waals surface area contributed by atoms with Gasteiger partial charge in [0.2, 0.25) is 0 Å². The highest BCUT2D eigenvalue weighted by atomic mass is 79.9. The Bertz CT molecular complexity index is 630. The van der Waals surface area contributed by atoms with Crippen molar-refractivity contribution >= 4 is 15.9 Å². The van der Waals surface area contributed by atoms with Gasteiger partial charge >= 0.3 is 0 Å². The molecule has 4 heteroatoms. The van der Waals surface area contributed by atoms with Crippen LogP contribution >= 0.6 is 15.9 Å². The van der Waals surface area contributed by atoms with Crippen molar-refractivity contribution in [3.63, 3.8) is 0 Å². The Morgan fingerprint density at radius 3 is 2.71 bits per heavy atom. The van der Waals surface area contributed by atoms with Gasteiger partial charge in [0.05, 0.1) is 0 Å². The maximum atomic E-state index is 14.1. The molecule has 0 aliphatic rings. The SMILES string of the molecule is CCC(N)Cc1c(F)cccc1Oc1cc(Br)ccc1C. The summed E-state index contributed by atoms with van der Waals surface area (Å²) in [5.74, 6) is 0.963. The van der Waals surface area contributed by atoms with E-state index in [0.29, 0.717) is 23.5 Å². The Kier molecular flexibility index (Phi) is 5.37. The fourth-order valence-corrected chi connectivity index (χ4v) is 2.38. The predicted molar refractivity (Wildman–Crippen MR) is 87.3 cm³/mol. The van der Waals surface area contributed by atoms with E-state index in [1.165, 1.54) is 6.07 Å². The van der Waals surface area contributed by atoms with Gasteiger partial charge in [0, 0.05) is 16.1 Å². The zero-order valence-corrected chi connectivity index (χ0v) is 13.8. The largest absolute Gasteiger partial charge is 0.457 e. The number of hydrogen-bond acceptors (Lipinski definition) is 2. The molecule has 0 saturated heterocycles. The van der Waals surface area contributed by atoms with Crippen molar-refractivity contribution in [2.45, 2.75) is 32.7 Å². The molecule has 0 amide bonds. The first-order chi connectivity index (χ1) is 10.0. The highest BCUT2D eigenvalue weighted by Gasteiger charge is 2.14. The van der Waals surface area contributed by atoms with Crippen LogP contribution in [0.1, 0.15) is 24.5 Å². The van der Waals surface area contributed by atoms with Crippen LogP contribution in [0.15, 0.2) is 40.9 Å². The van der Waals surface area contributed by atoms with Gasteiger partial charge in [0.15, 0.2) is 0 Å². The summed E-state index contributed by atoms with van der Waals surface area (Å²) in [4.78, 5) is 0. The molecule has 21 heavy (non-hydrogen) atoms. The van der Waals surface area contributed by atoms with Gasteiger partial charge in [0.25, 0.3) is 0 Å². The minimum absolute atomic E-state index is 0.0761. The minimum Gasteiger partial charge on any atom is -0.457 e. The quantitative estimate of drug-likeness (QED) is 0.825. The van der Waals surface area contributed by atoms with E-state index < -0.39 is 0 Å². The fourth-order valence-electron chi connectivity index (χ4n) is 2.04. The molecule has 0 heterocycles. The van der Waals surface area contributed by atoms with E-state index in [9.17, 15) is 4.39 Å². The summed E-state index contributed by atoms with van der Waals surface area (Å²) in [6, 6.07) is 10.6. The standard InChI is InChI=1S/C17H19BrFNO/c1-3-13(20)10-14-15(19)5-4-6-16(14)21-17-9-12(18)8-7-11(17)2/h4-9,13H,3,10,20H2,1-2H3. The van der Waals surface area contributed by atoms with Crippen LogP contribution in [-0.2, 0) is 6.42 Å². The molecule has 0 bridgehead atoms. The lowest BCUT2D eigenvalue weighted by Gasteiger charge is -2.16. The van der Waals surface area contributed by atoms with Crippen LogP contribution in [0, 0.1) is 12.7 Å². The van der Waals surface area contributed by atoms with Crippen LogP contribution in [0.2, 0.25) is 0 Å². The molecular weight excluding hydrogens is 333 g/mol. The Labute approximate surface area is 133 Å². The second-order valence-electron chi connectivity index (χ2n) is 5.10. The van der Waals surface area contributed by atoms with Gasteiger partial charge < -0.3 is 10.5 Å². The Morgan fingerprint density at radius 1 is 1.24 bits per heavy atom. The molecule has 0 aliphatic carbocycles. The van der Waals surface area contributed by atoms with Crippen molar-refractivity contribution < 1.29 is 9.13 Å². The zero-order valence-electron chi connectivity index (χ0n) is 12.2. The molecule has 1 unspecified atom stereocenters. The van der Waals surface area contributed by atoms with Crippen molar-refractivity contribution in [1.29, 1.82) is 0 Å². The molecule has 2 aromatic carbocycles. The summed E-state index contributed by atoms with van der Waals surface area (Å²) in [6.45, 7) is 3.95. The third kappa shape index (κ3) is 4.05. The molecule has 0 aliphatic heterocycles. The Balaban J connectivity index is 2.35. The Hall–Kier alpha value is -1.39. The second kappa shape index (κ2) is 7.05. The summed E-state index contributed by atoms with van der Waals surface area (Å²) >= 11 is 3.42. The van der Waals surface area contributed by atoms with E-state index in [0.717, 1.165) is 16.5 Å². The van der Waals surface area contributed by atoms with Gasteiger partial charge in [-0.2, -0.15) is 0 Å². The van der Waals surface area contributed by atoms with E-state index in [1.807, 2.05) is 32.0 Å². The van der Waals surface area contributed by atoms with Crippen LogP contribution in [0.25, 0.3) is 0 Å². The van der Waals surface area contributed by atoms with Gasteiger partial charge in [-0.25, -0.2) is 4.39 Å². The lowest BCUT2D eigenvalue weighted by atomic mass is 10.0. The van der Waals surface area contributed by atoms with Gasteiger partial charge in [0.1, 0.15) is 17.3 Å². The monoisotopic (exact) mass is 351 g/mol. The van der Waals surface area contributed by atoms with Gasteiger partial charge in [-0.15, -0.1) is 0 Å². The number of ether oxygens (including phenoxy) is 1. The number of halogens is 2. The van der Waals surface area contributed by atoms with E-state index >= 15 is 0 Å². The van der Waals surface area contributed by atoms with Crippen LogP contribution in [0.3, 0.4) is 0 Å². The number of rotatable bonds is 5. The maximum Gasteiger partial charge on any atom is 0.133 e. The summed E-state index contributed by atoms with van der Waals surface area (Å²) < 4.78 is 20.9.